The van der Waals surface area contributed by atoms with Gasteiger partial charge in [-0.3, -0.25) is 0 Å². The molecule has 0 bridgehead atoms. The van der Waals surface area contributed by atoms with Crippen molar-refractivity contribution in [1.82, 2.24) is 4.98 Å². The fourth-order valence-electron chi connectivity index (χ4n) is 1.23. The van der Waals surface area contributed by atoms with Crippen LogP contribution in [0.3, 0.4) is 0 Å². The van der Waals surface area contributed by atoms with Crippen LogP contribution in [0.1, 0.15) is 6.92 Å². The molecule has 0 aliphatic rings. The highest BCUT2D eigenvalue weighted by atomic mass is 19.1. The number of hydrogen-bond donors (Lipinski definition) is 0. The third-order valence-corrected chi connectivity index (χ3v) is 1.92. The molecule has 0 aliphatic heterocycles. The van der Waals surface area contributed by atoms with Gasteiger partial charge in [-0.15, -0.1) is 0 Å². The average Bonchev–Trinajstić information content (AvgIpc) is 2.17. The third kappa shape index (κ3) is 2.88. The Kier molecular flexibility index (Phi) is 3.56. The summed E-state index contributed by atoms with van der Waals surface area (Å²) in [5, 5.41) is 8.59. The van der Waals surface area contributed by atoms with Crippen molar-refractivity contribution in [3.8, 4) is 6.07 Å². The first kappa shape index (κ1) is 11.4. The summed E-state index contributed by atoms with van der Waals surface area (Å²) < 4.78 is 25.8. The molecule has 0 saturated carbocycles. The van der Waals surface area contributed by atoms with E-state index in [-0.39, 0.29) is 11.7 Å². The minimum absolute atomic E-state index is 0.0542. The largest absolute Gasteiger partial charge is 0.356 e. The van der Waals surface area contributed by atoms with E-state index in [0.29, 0.717) is 6.54 Å². The molecule has 0 aromatic carbocycles. The maximum absolute atomic E-state index is 13.2. The monoisotopic (exact) mass is 211 g/mol. The minimum Gasteiger partial charge on any atom is -0.356 e. The maximum Gasteiger partial charge on any atom is 0.168 e. The predicted octanol–water partition coefficient (Wildman–Crippen LogP) is 1.96. The third-order valence-electron chi connectivity index (χ3n) is 1.92. The Hall–Kier alpha value is -1.70. The molecule has 1 heterocycles. The van der Waals surface area contributed by atoms with Crippen LogP contribution < -0.4 is 4.90 Å². The SMILES string of the molecule is CC(C#N)CN(C)c1ncc(F)cc1F. The van der Waals surface area contributed by atoms with Gasteiger partial charge in [-0.05, 0) is 6.92 Å². The molecule has 0 spiro atoms. The van der Waals surface area contributed by atoms with E-state index in [1.54, 1.807) is 14.0 Å². The van der Waals surface area contributed by atoms with Gasteiger partial charge in [0.15, 0.2) is 11.6 Å². The summed E-state index contributed by atoms with van der Waals surface area (Å²) in [7, 11) is 1.61. The Bertz CT molecular complexity index is 387. The smallest absolute Gasteiger partial charge is 0.168 e. The molecule has 0 N–H and O–H groups in total. The van der Waals surface area contributed by atoms with Gasteiger partial charge in [0.1, 0.15) is 5.82 Å². The lowest BCUT2D eigenvalue weighted by Gasteiger charge is -2.19. The zero-order valence-corrected chi connectivity index (χ0v) is 8.54. The average molecular weight is 211 g/mol. The number of nitrogens with zero attached hydrogens (tertiary/aromatic N) is 3. The summed E-state index contributed by atoms with van der Waals surface area (Å²) in [6.45, 7) is 2.07. The Morgan fingerprint density at radius 1 is 1.60 bits per heavy atom. The normalized spacial score (nSPS) is 11.9. The minimum atomic E-state index is -0.720. The Labute approximate surface area is 87.0 Å². The van der Waals surface area contributed by atoms with Crippen molar-refractivity contribution in [2.75, 3.05) is 18.5 Å². The zero-order valence-electron chi connectivity index (χ0n) is 8.54. The molecule has 5 heteroatoms. The van der Waals surface area contributed by atoms with Crippen molar-refractivity contribution in [3.05, 3.63) is 23.9 Å². The Balaban J connectivity index is 2.83. The summed E-state index contributed by atoms with van der Waals surface area (Å²) >= 11 is 0. The van der Waals surface area contributed by atoms with Gasteiger partial charge in [0, 0.05) is 19.7 Å². The molecule has 15 heavy (non-hydrogen) atoms. The van der Waals surface area contributed by atoms with Crippen molar-refractivity contribution in [3.63, 3.8) is 0 Å². The van der Waals surface area contributed by atoms with Crippen molar-refractivity contribution >= 4 is 5.82 Å². The van der Waals surface area contributed by atoms with E-state index in [9.17, 15) is 8.78 Å². The number of nitriles is 1. The summed E-state index contributed by atoms with van der Waals surface area (Å²) in [4.78, 5) is 5.12. The van der Waals surface area contributed by atoms with Crippen molar-refractivity contribution < 1.29 is 8.78 Å². The summed E-state index contributed by atoms with van der Waals surface area (Å²) in [5.41, 5.74) is 0. The first-order valence-corrected chi connectivity index (χ1v) is 4.46. The number of halogens is 2. The number of hydrogen-bond acceptors (Lipinski definition) is 3. The Morgan fingerprint density at radius 3 is 2.80 bits per heavy atom. The molecule has 0 aliphatic carbocycles. The Morgan fingerprint density at radius 2 is 2.27 bits per heavy atom. The lowest BCUT2D eigenvalue weighted by Crippen LogP contribution is -2.25. The highest BCUT2D eigenvalue weighted by molar-refractivity contribution is 5.38. The summed E-state index contributed by atoms with van der Waals surface area (Å²) in [6, 6.07) is 2.80. The van der Waals surface area contributed by atoms with Crippen LogP contribution in [0, 0.1) is 28.9 Å². The lowest BCUT2D eigenvalue weighted by molar-refractivity contribution is 0.566. The highest BCUT2D eigenvalue weighted by Gasteiger charge is 2.12. The van der Waals surface area contributed by atoms with E-state index in [0.717, 1.165) is 12.3 Å². The topological polar surface area (TPSA) is 39.9 Å². The van der Waals surface area contributed by atoms with Crippen LogP contribution in [0.15, 0.2) is 12.3 Å². The maximum atomic E-state index is 13.2. The first-order valence-electron chi connectivity index (χ1n) is 4.46. The van der Waals surface area contributed by atoms with Crippen molar-refractivity contribution in [1.29, 1.82) is 5.26 Å². The van der Waals surface area contributed by atoms with Crippen LogP contribution in [0.25, 0.3) is 0 Å². The summed E-state index contributed by atoms with van der Waals surface area (Å²) in [6.07, 6.45) is 0.950. The molecule has 1 atom stereocenters. The van der Waals surface area contributed by atoms with Crippen LogP contribution in [-0.2, 0) is 0 Å². The fourth-order valence-corrected chi connectivity index (χ4v) is 1.23. The van der Waals surface area contributed by atoms with Gasteiger partial charge in [-0.25, -0.2) is 13.8 Å². The molecule has 0 saturated heterocycles. The highest BCUT2D eigenvalue weighted by Crippen LogP contribution is 2.16. The van der Waals surface area contributed by atoms with E-state index < -0.39 is 11.6 Å². The van der Waals surface area contributed by atoms with Gasteiger partial charge in [-0.1, -0.05) is 0 Å². The van der Waals surface area contributed by atoms with Gasteiger partial charge in [0.2, 0.25) is 0 Å². The van der Waals surface area contributed by atoms with E-state index in [4.69, 9.17) is 5.26 Å². The number of anilines is 1. The fraction of sp³-hybridized carbons (Fsp3) is 0.400. The lowest BCUT2D eigenvalue weighted by atomic mass is 10.2. The molecule has 1 aromatic rings. The second-order valence-electron chi connectivity index (χ2n) is 3.37. The molecule has 80 valence electrons. The van der Waals surface area contributed by atoms with Gasteiger partial charge in [0.25, 0.3) is 0 Å². The number of pyridine rings is 1. The molecule has 1 aromatic heterocycles. The molecule has 1 unspecified atom stereocenters. The van der Waals surface area contributed by atoms with Gasteiger partial charge >= 0.3 is 0 Å². The zero-order chi connectivity index (χ0) is 11.4. The van der Waals surface area contributed by atoms with Crippen LogP contribution in [0.2, 0.25) is 0 Å². The van der Waals surface area contributed by atoms with E-state index in [1.165, 1.54) is 4.90 Å². The van der Waals surface area contributed by atoms with E-state index in [2.05, 4.69) is 4.98 Å². The molecule has 3 nitrogen and oxygen atoms in total. The molecule has 1 rings (SSSR count). The number of aromatic nitrogens is 1. The predicted molar refractivity (Wildman–Crippen MR) is 52.2 cm³/mol. The second-order valence-corrected chi connectivity index (χ2v) is 3.37. The summed E-state index contributed by atoms with van der Waals surface area (Å²) in [5.74, 6) is -1.61. The van der Waals surface area contributed by atoms with E-state index >= 15 is 0 Å². The first-order chi connectivity index (χ1) is 7.04. The van der Waals surface area contributed by atoms with Gasteiger partial charge < -0.3 is 4.90 Å². The molecule has 0 amide bonds. The van der Waals surface area contributed by atoms with Gasteiger partial charge in [0.05, 0.1) is 18.2 Å². The molecule has 0 fully saturated rings. The quantitative estimate of drug-likeness (QED) is 0.767. The standard InChI is InChI=1S/C10H11F2N3/c1-7(4-13)6-15(2)10-9(12)3-8(11)5-14-10/h3,5,7H,6H2,1-2H3. The van der Waals surface area contributed by atoms with Crippen LogP contribution in [0.5, 0.6) is 0 Å². The molecule has 0 radical (unpaired) electrons. The molecular weight excluding hydrogens is 200 g/mol. The van der Waals surface area contributed by atoms with Crippen LogP contribution in [0.4, 0.5) is 14.6 Å². The second kappa shape index (κ2) is 4.69. The van der Waals surface area contributed by atoms with Crippen molar-refractivity contribution in [2.45, 2.75) is 6.92 Å². The van der Waals surface area contributed by atoms with Crippen LogP contribution >= 0.6 is 0 Å². The van der Waals surface area contributed by atoms with Crippen molar-refractivity contribution in [2.24, 2.45) is 5.92 Å². The van der Waals surface area contributed by atoms with Crippen LogP contribution in [-0.4, -0.2) is 18.6 Å². The molecular formula is C10H11F2N3. The van der Waals surface area contributed by atoms with Gasteiger partial charge in [-0.2, -0.15) is 5.26 Å². The number of rotatable bonds is 3. The van der Waals surface area contributed by atoms with E-state index in [1.807, 2.05) is 6.07 Å².